The molecule has 0 aromatic heterocycles. The molecule has 1 aliphatic rings. The molecule has 1 fully saturated rings. The molecule has 1 saturated carbocycles. The summed E-state index contributed by atoms with van der Waals surface area (Å²) in [5.74, 6) is -0.0948. The Morgan fingerprint density at radius 3 is 2.07 bits per heavy atom. The number of esters is 1. The molecule has 0 aliphatic heterocycles. The lowest BCUT2D eigenvalue weighted by atomic mass is 9.90. The van der Waals surface area contributed by atoms with Gasteiger partial charge in [-0.3, -0.25) is 19.2 Å². The Hall–Kier alpha value is -2.16. The van der Waals surface area contributed by atoms with Crippen molar-refractivity contribution < 1.29 is 33.4 Å². The molecular formula is C35H64N2O7. The second-order valence-corrected chi connectivity index (χ2v) is 13.6. The van der Waals surface area contributed by atoms with Gasteiger partial charge in [0.2, 0.25) is 11.8 Å². The Labute approximate surface area is 267 Å². The van der Waals surface area contributed by atoms with E-state index >= 15 is 0 Å². The van der Waals surface area contributed by atoms with Gasteiger partial charge in [-0.15, -0.1) is 0 Å². The van der Waals surface area contributed by atoms with Crippen LogP contribution in [-0.2, 0) is 33.4 Å². The fourth-order valence-corrected chi connectivity index (χ4v) is 5.51. The average molecular weight is 625 g/mol. The van der Waals surface area contributed by atoms with E-state index in [1.54, 1.807) is 0 Å². The highest BCUT2D eigenvalue weighted by molar-refractivity contribution is 5.83. The van der Waals surface area contributed by atoms with Crippen molar-refractivity contribution in [2.45, 2.75) is 180 Å². The highest BCUT2D eigenvalue weighted by Gasteiger charge is 2.35. The van der Waals surface area contributed by atoms with E-state index in [2.05, 4.69) is 31.4 Å². The lowest BCUT2D eigenvalue weighted by Gasteiger charge is -2.34. The third-order valence-electron chi connectivity index (χ3n) is 8.41. The second-order valence-electron chi connectivity index (χ2n) is 13.6. The number of nitrogens with one attached hydrogen (secondary N) is 2. The summed E-state index contributed by atoms with van der Waals surface area (Å²) >= 11 is 0. The van der Waals surface area contributed by atoms with E-state index < -0.39 is 12.2 Å². The van der Waals surface area contributed by atoms with Gasteiger partial charge in [-0.1, -0.05) is 85.0 Å². The monoisotopic (exact) mass is 624 g/mol. The molecule has 1 aliphatic carbocycles. The van der Waals surface area contributed by atoms with Crippen LogP contribution in [0.2, 0.25) is 0 Å². The SMILES string of the molecule is CCCCCCCCCCCCCC(=O)OC1CC(NC(=O)CCC(=O)NCCC(C)(C)OCCC(C)C)CCC1OC=O. The standard InChI is InChI=1S/C35H64N2O7/c1-6-7-8-9-10-11-12-13-14-15-16-17-34(41)44-31-26-29(18-19-30(31)42-27-38)37-33(40)21-20-32(39)36-24-23-35(4,5)43-25-22-28(2)3/h27-31H,6-26H2,1-5H3,(H,36,39)(H,37,40). The van der Waals surface area contributed by atoms with Crippen LogP contribution in [0.1, 0.15) is 157 Å². The van der Waals surface area contributed by atoms with Crippen LogP contribution in [0.4, 0.5) is 0 Å². The maximum atomic E-state index is 12.6. The van der Waals surface area contributed by atoms with Crippen LogP contribution in [0.25, 0.3) is 0 Å². The third kappa shape index (κ3) is 20.7. The number of ether oxygens (including phenoxy) is 3. The van der Waals surface area contributed by atoms with Crippen LogP contribution in [0, 0.1) is 5.92 Å². The van der Waals surface area contributed by atoms with Gasteiger partial charge in [0.25, 0.3) is 6.47 Å². The molecule has 0 bridgehead atoms. The van der Waals surface area contributed by atoms with Crippen LogP contribution in [-0.4, -0.2) is 61.3 Å². The molecule has 44 heavy (non-hydrogen) atoms. The van der Waals surface area contributed by atoms with E-state index in [4.69, 9.17) is 14.2 Å². The predicted octanol–water partition coefficient (Wildman–Crippen LogP) is 6.94. The van der Waals surface area contributed by atoms with Gasteiger partial charge in [0.1, 0.15) is 12.2 Å². The molecule has 0 radical (unpaired) electrons. The van der Waals surface area contributed by atoms with Gasteiger partial charge in [0, 0.05) is 44.9 Å². The first-order valence-corrected chi connectivity index (χ1v) is 17.5. The quantitative estimate of drug-likeness (QED) is 0.0608. The molecule has 2 amide bonds. The van der Waals surface area contributed by atoms with Gasteiger partial charge in [0.05, 0.1) is 5.60 Å². The normalized spacial score (nSPS) is 18.5. The zero-order chi connectivity index (χ0) is 32.6. The minimum absolute atomic E-state index is 0.0776. The number of rotatable bonds is 26. The van der Waals surface area contributed by atoms with Gasteiger partial charge in [-0.05, 0) is 51.9 Å². The van der Waals surface area contributed by atoms with Gasteiger partial charge in [-0.25, -0.2) is 0 Å². The second kappa shape index (κ2) is 24.1. The third-order valence-corrected chi connectivity index (χ3v) is 8.41. The number of amides is 2. The van der Waals surface area contributed by atoms with Crippen LogP contribution in [0.5, 0.6) is 0 Å². The van der Waals surface area contributed by atoms with Crippen LogP contribution in [0.3, 0.4) is 0 Å². The highest BCUT2D eigenvalue weighted by Crippen LogP contribution is 2.25. The Bertz CT molecular complexity index is 802. The van der Waals surface area contributed by atoms with Crippen LogP contribution < -0.4 is 10.6 Å². The number of hydrogen-bond donors (Lipinski definition) is 2. The summed E-state index contributed by atoms with van der Waals surface area (Å²) < 4.78 is 16.9. The minimum Gasteiger partial charge on any atom is -0.461 e. The maximum Gasteiger partial charge on any atom is 0.306 e. The smallest absolute Gasteiger partial charge is 0.306 e. The zero-order valence-electron chi connectivity index (χ0n) is 28.6. The fourth-order valence-electron chi connectivity index (χ4n) is 5.51. The number of carbonyl (C=O) groups is 4. The summed E-state index contributed by atoms with van der Waals surface area (Å²) in [5.41, 5.74) is -0.321. The zero-order valence-corrected chi connectivity index (χ0v) is 28.6. The van der Waals surface area contributed by atoms with Crippen molar-refractivity contribution in [3.63, 3.8) is 0 Å². The summed E-state index contributed by atoms with van der Waals surface area (Å²) in [6.07, 6.45) is 15.9. The van der Waals surface area contributed by atoms with Gasteiger partial charge in [0.15, 0.2) is 0 Å². The van der Waals surface area contributed by atoms with Crippen molar-refractivity contribution >= 4 is 24.3 Å². The van der Waals surface area contributed by atoms with Crippen molar-refractivity contribution in [1.82, 2.24) is 10.6 Å². The van der Waals surface area contributed by atoms with Gasteiger partial charge < -0.3 is 24.8 Å². The van der Waals surface area contributed by atoms with Gasteiger partial charge in [-0.2, -0.15) is 0 Å². The van der Waals surface area contributed by atoms with E-state index in [0.717, 1.165) is 25.7 Å². The molecule has 1 rings (SSSR count). The topological polar surface area (TPSA) is 120 Å². The van der Waals surface area contributed by atoms with Crippen LogP contribution >= 0.6 is 0 Å². The average Bonchev–Trinajstić information content (AvgIpc) is 2.96. The summed E-state index contributed by atoms with van der Waals surface area (Å²) in [6.45, 7) is 12.2. The van der Waals surface area contributed by atoms with Crippen molar-refractivity contribution in [2.24, 2.45) is 5.92 Å². The molecule has 2 N–H and O–H groups in total. The van der Waals surface area contributed by atoms with Gasteiger partial charge >= 0.3 is 5.97 Å². The molecule has 0 aromatic rings. The molecule has 9 heteroatoms. The highest BCUT2D eigenvalue weighted by atomic mass is 16.6. The Morgan fingerprint density at radius 1 is 0.841 bits per heavy atom. The molecule has 3 atom stereocenters. The van der Waals surface area contributed by atoms with E-state index in [1.807, 2.05) is 13.8 Å². The molecule has 0 aromatic carbocycles. The lowest BCUT2D eigenvalue weighted by molar-refractivity contribution is -0.166. The van der Waals surface area contributed by atoms with E-state index in [-0.39, 0.29) is 42.3 Å². The first-order valence-electron chi connectivity index (χ1n) is 17.5. The molecule has 3 unspecified atom stereocenters. The Balaban J connectivity index is 2.29. The summed E-state index contributed by atoms with van der Waals surface area (Å²) in [6, 6.07) is -0.208. The van der Waals surface area contributed by atoms with Crippen molar-refractivity contribution in [3.8, 4) is 0 Å². The minimum atomic E-state index is -0.589. The number of hydrogen-bond acceptors (Lipinski definition) is 7. The first kappa shape index (κ1) is 39.9. The Kier molecular flexibility index (Phi) is 21.9. The maximum absolute atomic E-state index is 12.6. The molecule has 0 saturated heterocycles. The predicted molar refractivity (Wildman–Crippen MR) is 174 cm³/mol. The van der Waals surface area contributed by atoms with Crippen LogP contribution in [0.15, 0.2) is 0 Å². The van der Waals surface area contributed by atoms with Crippen molar-refractivity contribution in [1.29, 1.82) is 0 Å². The molecular weight excluding hydrogens is 560 g/mol. The largest absolute Gasteiger partial charge is 0.461 e. The Morgan fingerprint density at radius 2 is 1.45 bits per heavy atom. The molecule has 9 nitrogen and oxygen atoms in total. The summed E-state index contributed by atoms with van der Waals surface area (Å²) in [7, 11) is 0. The van der Waals surface area contributed by atoms with E-state index in [1.165, 1.54) is 51.4 Å². The van der Waals surface area contributed by atoms with Crippen molar-refractivity contribution in [3.05, 3.63) is 0 Å². The van der Waals surface area contributed by atoms with E-state index in [9.17, 15) is 19.2 Å². The number of unbranched alkanes of at least 4 members (excludes halogenated alkanes) is 10. The fraction of sp³-hybridized carbons (Fsp3) is 0.886. The van der Waals surface area contributed by atoms with E-state index in [0.29, 0.717) is 57.6 Å². The molecule has 256 valence electrons. The number of carbonyl (C=O) groups excluding carboxylic acids is 4. The van der Waals surface area contributed by atoms with Crippen molar-refractivity contribution in [2.75, 3.05) is 13.2 Å². The lowest BCUT2D eigenvalue weighted by Crippen LogP contribution is -2.47. The first-order chi connectivity index (χ1) is 21.1. The summed E-state index contributed by atoms with van der Waals surface area (Å²) in [4.78, 5) is 48.4. The molecule has 0 spiro atoms. The molecule has 0 heterocycles. The summed E-state index contributed by atoms with van der Waals surface area (Å²) in [5, 5.41) is 5.85.